The van der Waals surface area contributed by atoms with Crippen LogP contribution in [0, 0.1) is 6.92 Å². The molecule has 0 aromatic heterocycles. The quantitative estimate of drug-likeness (QED) is 0.670. The van der Waals surface area contributed by atoms with Crippen molar-refractivity contribution < 1.29 is 17.9 Å². The van der Waals surface area contributed by atoms with E-state index in [1.165, 1.54) is 0 Å². The highest BCUT2D eigenvalue weighted by Gasteiger charge is 2.18. The zero-order valence-electron chi connectivity index (χ0n) is 15.6. The van der Waals surface area contributed by atoms with Crippen LogP contribution in [0.5, 0.6) is 11.5 Å². The summed E-state index contributed by atoms with van der Waals surface area (Å²) in [5.74, 6) is 1.45. The smallest absolute Gasteiger partial charge is 0.240 e. The molecule has 0 aliphatic carbocycles. The predicted molar refractivity (Wildman–Crippen MR) is 107 cm³/mol. The highest BCUT2D eigenvalue weighted by Crippen LogP contribution is 2.23. The van der Waals surface area contributed by atoms with Crippen molar-refractivity contribution in [3.8, 4) is 11.5 Å². The highest BCUT2D eigenvalue weighted by molar-refractivity contribution is 7.89. The van der Waals surface area contributed by atoms with Gasteiger partial charge in [0.15, 0.2) is 0 Å². The van der Waals surface area contributed by atoms with Crippen molar-refractivity contribution in [2.45, 2.75) is 24.8 Å². The van der Waals surface area contributed by atoms with Gasteiger partial charge >= 0.3 is 0 Å². The van der Waals surface area contributed by atoms with Crippen LogP contribution in [-0.4, -0.2) is 28.2 Å². The first-order valence-electron chi connectivity index (χ1n) is 8.67. The van der Waals surface area contributed by atoms with E-state index in [1.807, 2.05) is 49.4 Å². The monoisotopic (exact) mass is 385 g/mol. The lowest BCUT2D eigenvalue weighted by molar-refractivity contribution is 0.287. The fourth-order valence-electron chi connectivity index (χ4n) is 2.72. The van der Waals surface area contributed by atoms with Crippen LogP contribution >= 0.6 is 0 Å². The normalized spacial score (nSPS) is 12.7. The largest absolute Gasteiger partial charge is 0.497 e. The van der Waals surface area contributed by atoms with E-state index in [0.717, 1.165) is 22.1 Å². The minimum Gasteiger partial charge on any atom is -0.497 e. The fourth-order valence-corrected chi connectivity index (χ4v) is 3.98. The summed E-state index contributed by atoms with van der Waals surface area (Å²) in [6, 6.07) is 17.8. The number of ether oxygens (including phenoxy) is 2. The molecule has 0 radical (unpaired) electrons. The summed E-state index contributed by atoms with van der Waals surface area (Å²) in [5.41, 5.74) is 1.14. The van der Waals surface area contributed by atoms with Crippen LogP contribution in [-0.2, 0) is 10.0 Å². The topological polar surface area (TPSA) is 64.6 Å². The molecule has 0 saturated heterocycles. The van der Waals surface area contributed by atoms with Crippen LogP contribution in [0.3, 0.4) is 0 Å². The van der Waals surface area contributed by atoms with Gasteiger partial charge in [0.25, 0.3) is 0 Å². The number of hydrogen-bond acceptors (Lipinski definition) is 4. The molecule has 3 rings (SSSR count). The molecular formula is C21H23NO4S. The molecule has 142 valence electrons. The van der Waals surface area contributed by atoms with E-state index in [9.17, 15) is 8.42 Å². The van der Waals surface area contributed by atoms with Crippen LogP contribution in [0.1, 0.15) is 12.5 Å². The molecule has 0 spiro atoms. The molecular weight excluding hydrogens is 362 g/mol. The fraction of sp³-hybridized carbons (Fsp3) is 0.238. The molecule has 0 heterocycles. The number of sulfonamides is 1. The third kappa shape index (κ3) is 4.78. The van der Waals surface area contributed by atoms with Gasteiger partial charge in [-0.1, -0.05) is 29.8 Å². The molecule has 0 aliphatic rings. The van der Waals surface area contributed by atoms with Gasteiger partial charge in [-0.2, -0.15) is 0 Å². The van der Waals surface area contributed by atoms with Gasteiger partial charge in [0.2, 0.25) is 10.0 Å². The van der Waals surface area contributed by atoms with E-state index in [1.54, 1.807) is 32.2 Å². The third-order valence-corrected chi connectivity index (χ3v) is 5.79. The number of nitrogens with one attached hydrogen (secondary N) is 1. The lowest BCUT2D eigenvalue weighted by Crippen LogP contribution is -2.36. The summed E-state index contributed by atoms with van der Waals surface area (Å²) in [4.78, 5) is 0.224. The zero-order valence-corrected chi connectivity index (χ0v) is 16.4. The second-order valence-corrected chi connectivity index (χ2v) is 8.24. The van der Waals surface area contributed by atoms with Gasteiger partial charge in [-0.3, -0.25) is 0 Å². The van der Waals surface area contributed by atoms with E-state index >= 15 is 0 Å². The van der Waals surface area contributed by atoms with Gasteiger partial charge in [0.05, 0.1) is 18.0 Å². The Kier molecular flexibility index (Phi) is 5.68. The predicted octanol–water partition coefficient (Wildman–Crippen LogP) is 3.90. The molecule has 1 atom stereocenters. The van der Waals surface area contributed by atoms with Crippen molar-refractivity contribution in [2.75, 3.05) is 13.7 Å². The van der Waals surface area contributed by atoms with Crippen molar-refractivity contribution in [1.29, 1.82) is 0 Å². The van der Waals surface area contributed by atoms with E-state index < -0.39 is 10.0 Å². The van der Waals surface area contributed by atoms with Crippen molar-refractivity contribution >= 4 is 20.8 Å². The highest BCUT2D eigenvalue weighted by atomic mass is 32.2. The molecule has 5 nitrogen and oxygen atoms in total. The minimum atomic E-state index is -3.64. The van der Waals surface area contributed by atoms with Crippen LogP contribution in [0.4, 0.5) is 0 Å². The van der Waals surface area contributed by atoms with Crippen LogP contribution in [0.25, 0.3) is 10.8 Å². The maximum Gasteiger partial charge on any atom is 0.240 e. The summed E-state index contributed by atoms with van der Waals surface area (Å²) in [5, 5.41) is 1.76. The summed E-state index contributed by atoms with van der Waals surface area (Å²) in [7, 11) is -2.04. The maximum absolute atomic E-state index is 12.7. The van der Waals surface area contributed by atoms with Gasteiger partial charge in [-0.05, 0) is 61.0 Å². The van der Waals surface area contributed by atoms with Crippen molar-refractivity contribution in [3.63, 3.8) is 0 Å². The van der Waals surface area contributed by atoms with Crippen molar-refractivity contribution in [3.05, 3.63) is 66.2 Å². The molecule has 1 N–H and O–H groups in total. The molecule has 0 aliphatic heterocycles. The van der Waals surface area contributed by atoms with Crippen molar-refractivity contribution in [2.24, 2.45) is 0 Å². The average molecular weight is 385 g/mol. The Bertz CT molecular complexity index is 1030. The molecule has 0 unspecified atom stereocenters. The number of fused-ring (bicyclic) bond motifs is 1. The Balaban J connectivity index is 1.69. The number of benzene rings is 3. The molecule has 0 fully saturated rings. The summed E-state index contributed by atoms with van der Waals surface area (Å²) < 4.78 is 38.9. The second-order valence-electron chi connectivity index (χ2n) is 6.52. The molecule has 3 aromatic rings. The molecule has 0 amide bonds. The first-order chi connectivity index (χ1) is 12.9. The van der Waals surface area contributed by atoms with Gasteiger partial charge in [0.1, 0.15) is 18.1 Å². The third-order valence-electron chi connectivity index (χ3n) is 4.21. The molecule has 27 heavy (non-hydrogen) atoms. The Labute approximate surface area is 160 Å². The minimum absolute atomic E-state index is 0.224. The summed E-state index contributed by atoms with van der Waals surface area (Å²) in [6.45, 7) is 4.02. The van der Waals surface area contributed by atoms with Gasteiger partial charge in [-0.25, -0.2) is 13.1 Å². The lowest BCUT2D eigenvalue weighted by atomic mass is 10.1. The molecule has 3 aromatic carbocycles. The van der Waals surface area contributed by atoms with E-state index in [0.29, 0.717) is 5.75 Å². The van der Waals surface area contributed by atoms with Gasteiger partial charge in [-0.15, -0.1) is 0 Å². The Morgan fingerprint density at radius 3 is 2.26 bits per heavy atom. The Morgan fingerprint density at radius 2 is 1.56 bits per heavy atom. The number of hydrogen-bond donors (Lipinski definition) is 1. The average Bonchev–Trinajstić information content (AvgIpc) is 2.66. The Morgan fingerprint density at radius 1 is 0.926 bits per heavy atom. The maximum atomic E-state index is 12.7. The summed E-state index contributed by atoms with van der Waals surface area (Å²) in [6.07, 6.45) is 0. The number of methoxy groups -OCH3 is 1. The van der Waals surface area contributed by atoms with E-state index in [-0.39, 0.29) is 17.5 Å². The van der Waals surface area contributed by atoms with Crippen LogP contribution < -0.4 is 14.2 Å². The molecule has 0 bridgehead atoms. The number of aryl methyl sites for hydroxylation is 1. The second kappa shape index (κ2) is 7.98. The first kappa shape index (κ1) is 19.2. The van der Waals surface area contributed by atoms with Crippen molar-refractivity contribution in [1.82, 2.24) is 4.72 Å². The standard InChI is InChI=1S/C21H23NO4S/c1-15-4-8-19(9-5-15)26-14-16(2)22-27(23,24)21-11-7-17-12-20(25-3)10-6-18(17)13-21/h4-13,16,22H,14H2,1-3H3/t16-/m1/s1. The van der Waals surface area contributed by atoms with Gasteiger partial charge < -0.3 is 9.47 Å². The Hall–Kier alpha value is -2.57. The van der Waals surface area contributed by atoms with E-state index in [2.05, 4.69) is 4.72 Å². The SMILES string of the molecule is COc1ccc2cc(S(=O)(=O)N[C@H](C)COc3ccc(C)cc3)ccc2c1. The zero-order chi connectivity index (χ0) is 19.4. The summed E-state index contributed by atoms with van der Waals surface area (Å²) >= 11 is 0. The first-order valence-corrected chi connectivity index (χ1v) is 10.2. The number of rotatable bonds is 7. The molecule has 0 saturated carbocycles. The van der Waals surface area contributed by atoms with E-state index in [4.69, 9.17) is 9.47 Å². The molecule has 6 heteroatoms. The van der Waals surface area contributed by atoms with Crippen LogP contribution in [0.15, 0.2) is 65.6 Å². The van der Waals surface area contributed by atoms with Gasteiger partial charge in [0, 0.05) is 0 Å². The van der Waals surface area contributed by atoms with Crippen LogP contribution in [0.2, 0.25) is 0 Å². The lowest BCUT2D eigenvalue weighted by Gasteiger charge is -2.16.